The highest BCUT2D eigenvalue weighted by molar-refractivity contribution is 5.81. The minimum atomic E-state index is 0.280. The quantitative estimate of drug-likeness (QED) is 0.934. The molecule has 1 aliphatic rings. The largest absolute Gasteiger partial charge is 0.348 e. The highest BCUT2D eigenvalue weighted by Gasteiger charge is 2.21. The van der Waals surface area contributed by atoms with Crippen molar-refractivity contribution in [3.63, 3.8) is 0 Å². The molecule has 3 rings (SSSR count). The summed E-state index contributed by atoms with van der Waals surface area (Å²) in [5.41, 5.74) is 2.48. The molecule has 1 aliphatic heterocycles. The van der Waals surface area contributed by atoms with Crippen molar-refractivity contribution in [1.82, 2.24) is 20.0 Å². The Labute approximate surface area is 125 Å². The molecule has 0 saturated carbocycles. The molecule has 1 aromatic carbocycles. The number of aryl methyl sites for hydroxylation is 1. The molecule has 21 heavy (non-hydrogen) atoms. The lowest BCUT2D eigenvalue weighted by Gasteiger charge is -2.20. The van der Waals surface area contributed by atoms with E-state index in [1.54, 1.807) is 0 Å². The van der Waals surface area contributed by atoms with Crippen LogP contribution in [-0.4, -0.2) is 34.2 Å². The van der Waals surface area contributed by atoms with Crippen LogP contribution < -0.4 is 5.32 Å². The van der Waals surface area contributed by atoms with Crippen molar-refractivity contribution in [2.75, 3.05) is 13.6 Å². The third-order valence-corrected chi connectivity index (χ3v) is 3.72. The van der Waals surface area contributed by atoms with E-state index in [2.05, 4.69) is 64.7 Å². The predicted octanol–water partition coefficient (Wildman–Crippen LogP) is 2.04. The van der Waals surface area contributed by atoms with Crippen molar-refractivity contribution < 1.29 is 0 Å². The van der Waals surface area contributed by atoms with Crippen LogP contribution in [0.5, 0.6) is 0 Å². The van der Waals surface area contributed by atoms with E-state index < -0.39 is 0 Å². The fourth-order valence-electron chi connectivity index (χ4n) is 2.54. The van der Waals surface area contributed by atoms with Gasteiger partial charge >= 0.3 is 0 Å². The first kappa shape index (κ1) is 13.7. The van der Waals surface area contributed by atoms with Gasteiger partial charge in [-0.2, -0.15) is 5.10 Å². The number of rotatable bonds is 4. The van der Waals surface area contributed by atoms with Crippen molar-refractivity contribution in [2.45, 2.75) is 26.1 Å². The van der Waals surface area contributed by atoms with Crippen LogP contribution in [0.4, 0.5) is 0 Å². The van der Waals surface area contributed by atoms with Crippen LogP contribution in [0.15, 0.2) is 47.7 Å². The van der Waals surface area contributed by atoms with Gasteiger partial charge in [0, 0.05) is 31.9 Å². The fourth-order valence-corrected chi connectivity index (χ4v) is 2.54. The van der Waals surface area contributed by atoms with Crippen LogP contribution in [0.25, 0.3) is 0 Å². The Hall–Kier alpha value is -2.30. The Bertz CT molecular complexity index is 617. The second kappa shape index (κ2) is 5.99. The molecule has 2 heterocycles. The molecular formula is C16H21N5. The van der Waals surface area contributed by atoms with Crippen molar-refractivity contribution in [3.8, 4) is 0 Å². The average molecular weight is 283 g/mol. The molecule has 0 fully saturated rings. The molecular weight excluding hydrogens is 262 g/mol. The molecule has 5 heteroatoms. The summed E-state index contributed by atoms with van der Waals surface area (Å²) in [6.45, 7) is 4.60. The van der Waals surface area contributed by atoms with Gasteiger partial charge in [-0.3, -0.25) is 9.67 Å². The van der Waals surface area contributed by atoms with Gasteiger partial charge in [0.1, 0.15) is 0 Å². The summed E-state index contributed by atoms with van der Waals surface area (Å²) in [5.74, 6) is 0.952. The smallest absolute Gasteiger partial charge is 0.194 e. The summed E-state index contributed by atoms with van der Waals surface area (Å²) in [6, 6.07) is 10.7. The number of hydrogen-bond acceptors (Lipinski definition) is 4. The van der Waals surface area contributed by atoms with Crippen LogP contribution in [-0.2, 0) is 13.1 Å². The summed E-state index contributed by atoms with van der Waals surface area (Å²) < 4.78 is 1.94. The highest BCUT2D eigenvalue weighted by atomic mass is 15.3. The highest BCUT2D eigenvalue weighted by Crippen LogP contribution is 2.18. The van der Waals surface area contributed by atoms with E-state index in [0.29, 0.717) is 0 Å². The Morgan fingerprint density at radius 3 is 2.86 bits per heavy atom. The number of hydrogen-bond donors (Lipinski definition) is 1. The molecule has 0 saturated heterocycles. The van der Waals surface area contributed by atoms with E-state index in [0.717, 1.165) is 25.6 Å². The van der Waals surface area contributed by atoms with Gasteiger partial charge in [-0.05, 0) is 12.5 Å². The monoisotopic (exact) mass is 283 g/mol. The number of nitrogens with zero attached hydrogens (tertiary/aromatic N) is 4. The number of nitrogens with one attached hydrogen (secondary N) is 1. The zero-order chi connectivity index (χ0) is 14.7. The first-order chi connectivity index (χ1) is 10.3. The summed E-state index contributed by atoms with van der Waals surface area (Å²) >= 11 is 0. The van der Waals surface area contributed by atoms with Crippen molar-refractivity contribution in [1.29, 1.82) is 0 Å². The molecule has 1 unspecified atom stereocenters. The van der Waals surface area contributed by atoms with Crippen molar-refractivity contribution >= 4 is 5.96 Å². The van der Waals surface area contributed by atoms with Crippen LogP contribution in [0.2, 0.25) is 0 Å². The third-order valence-electron chi connectivity index (χ3n) is 3.72. The Morgan fingerprint density at radius 1 is 1.33 bits per heavy atom. The normalized spacial score (nSPS) is 17.4. The Morgan fingerprint density at radius 2 is 2.14 bits per heavy atom. The molecule has 0 spiro atoms. The molecule has 1 aromatic heterocycles. The van der Waals surface area contributed by atoms with Gasteiger partial charge in [-0.15, -0.1) is 0 Å². The first-order valence-corrected chi connectivity index (χ1v) is 7.34. The number of benzene rings is 1. The maximum Gasteiger partial charge on any atom is 0.194 e. The molecule has 0 amide bonds. The lowest BCUT2D eigenvalue weighted by atomic mass is 10.1. The average Bonchev–Trinajstić information content (AvgIpc) is 3.17. The fraction of sp³-hybridized carbons (Fsp3) is 0.375. The van der Waals surface area contributed by atoms with E-state index in [1.807, 2.05) is 16.9 Å². The standard InChI is InChI=1S/C16H21N5/c1-3-21-12-13(9-18-21)11-20(2)16-17-10-15(19-16)14-7-5-4-6-8-14/h4-9,12,15H,3,10-11H2,1-2H3,(H,17,19). The van der Waals surface area contributed by atoms with Crippen LogP contribution in [0.3, 0.4) is 0 Å². The lowest BCUT2D eigenvalue weighted by Crippen LogP contribution is -2.36. The van der Waals surface area contributed by atoms with E-state index in [4.69, 9.17) is 0 Å². The lowest BCUT2D eigenvalue weighted by molar-refractivity contribution is 0.479. The van der Waals surface area contributed by atoms with Crippen molar-refractivity contribution in [3.05, 3.63) is 53.9 Å². The molecule has 2 aromatic rings. The minimum absolute atomic E-state index is 0.280. The number of guanidine groups is 1. The van der Waals surface area contributed by atoms with Crippen LogP contribution in [0.1, 0.15) is 24.1 Å². The zero-order valence-corrected chi connectivity index (χ0v) is 12.5. The third kappa shape index (κ3) is 3.07. The van der Waals surface area contributed by atoms with Gasteiger partial charge < -0.3 is 10.2 Å². The van der Waals surface area contributed by atoms with Gasteiger partial charge in [0.2, 0.25) is 0 Å². The molecule has 0 bridgehead atoms. The molecule has 0 aliphatic carbocycles. The van der Waals surface area contributed by atoms with E-state index >= 15 is 0 Å². The Kier molecular flexibility index (Phi) is 3.90. The topological polar surface area (TPSA) is 45.5 Å². The molecule has 110 valence electrons. The van der Waals surface area contributed by atoms with Crippen LogP contribution in [0, 0.1) is 0 Å². The molecule has 1 N–H and O–H groups in total. The van der Waals surface area contributed by atoms with E-state index in [9.17, 15) is 0 Å². The predicted molar refractivity (Wildman–Crippen MR) is 84.0 cm³/mol. The maximum absolute atomic E-state index is 4.62. The van der Waals surface area contributed by atoms with E-state index in [-0.39, 0.29) is 6.04 Å². The first-order valence-electron chi connectivity index (χ1n) is 7.34. The van der Waals surface area contributed by atoms with Gasteiger partial charge in [-0.1, -0.05) is 30.3 Å². The molecule has 0 radical (unpaired) electrons. The maximum atomic E-state index is 4.62. The summed E-state index contributed by atoms with van der Waals surface area (Å²) in [6.07, 6.45) is 4.00. The summed E-state index contributed by atoms with van der Waals surface area (Å²) in [4.78, 5) is 6.76. The minimum Gasteiger partial charge on any atom is -0.348 e. The second-order valence-electron chi connectivity index (χ2n) is 5.33. The SMILES string of the molecule is CCn1cc(CN(C)C2=NCC(c3ccccc3)N2)cn1. The number of aromatic nitrogens is 2. The molecule has 1 atom stereocenters. The van der Waals surface area contributed by atoms with Gasteiger partial charge in [0.25, 0.3) is 0 Å². The Balaban J connectivity index is 1.60. The van der Waals surface area contributed by atoms with Crippen molar-refractivity contribution in [2.24, 2.45) is 4.99 Å². The van der Waals surface area contributed by atoms with E-state index in [1.165, 1.54) is 11.1 Å². The van der Waals surface area contributed by atoms with Gasteiger partial charge in [0.05, 0.1) is 18.8 Å². The zero-order valence-electron chi connectivity index (χ0n) is 12.5. The van der Waals surface area contributed by atoms with Crippen LogP contribution >= 0.6 is 0 Å². The summed E-state index contributed by atoms with van der Waals surface area (Å²) in [7, 11) is 2.06. The summed E-state index contributed by atoms with van der Waals surface area (Å²) in [5, 5.41) is 7.80. The van der Waals surface area contributed by atoms with Gasteiger partial charge in [-0.25, -0.2) is 0 Å². The molecule has 5 nitrogen and oxygen atoms in total. The number of aliphatic imine (C=N–C) groups is 1. The van der Waals surface area contributed by atoms with Gasteiger partial charge in [0.15, 0.2) is 5.96 Å². The second-order valence-corrected chi connectivity index (χ2v) is 5.33.